The molecule has 114 valence electrons. The molecule has 5 heteroatoms. The molecule has 1 aliphatic carbocycles. The van der Waals surface area contributed by atoms with E-state index in [2.05, 4.69) is 16.9 Å². The van der Waals surface area contributed by atoms with Crippen molar-refractivity contribution in [3.8, 4) is 0 Å². The van der Waals surface area contributed by atoms with Gasteiger partial charge in [-0.2, -0.15) is 11.8 Å². The fraction of sp³-hybridized carbons (Fsp3) is 0.562. The molecular weight excluding hydrogens is 282 g/mol. The smallest absolute Gasteiger partial charge is 0.224 e. The number of thioether (sulfide) groups is 1. The molecule has 4 N–H and O–H groups in total. The minimum atomic E-state index is 0.0922. The third kappa shape index (κ3) is 2.98. The van der Waals surface area contributed by atoms with Crippen LogP contribution < -0.4 is 16.4 Å². The molecule has 3 rings (SSSR count). The summed E-state index contributed by atoms with van der Waals surface area (Å²) in [5.74, 6) is 0.0922. The molecule has 1 aromatic rings. The quantitative estimate of drug-likeness (QED) is 0.747. The lowest BCUT2D eigenvalue weighted by molar-refractivity contribution is -0.116. The Morgan fingerprint density at radius 1 is 1.33 bits per heavy atom. The van der Waals surface area contributed by atoms with Crippen molar-refractivity contribution in [2.75, 3.05) is 29.2 Å². The van der Waals surface area contributed by atoms with Crippen LogP contribution in [0.5, 0.6) is 0 Å². The number of rotatable bonds is 4. The highest BCUT2D eigenvalue weighted by molar-refractivity contribution is 8.00. The molecule has 0 aromatic heterocycles. The van der Waals surface area contributed by atoms with Gasteiger partial charge in [0.05, 0.1) is 11.4 Å². The molecule has 0 spiro atoms. The Morgan fingerprint density at radius 3 is 2.81 bits per heavy atom. The zero-order valence-electron chi connectivity index (χ0n) is 12.5. The summed E-state index contributed by atoms with van der Waals surface area (Å²) < 4.78 is 0.339. The standard InChI is InChI=1S/C16H23N3OS/c1-21-16(6-2-3-7-16)10-18-14-9-13-11(8-12(14)17)4-5-15(20)19-13/h8-9,18H,2-7,10,17H2,1H3,(H,19,20). The number of aryl methyl sites for hydroxylation is 1. The zero-order chi connectivity index (χ0) is 14.9. The van der Waals surface area contributed by atoms with Crippen LogP contribution in [0.3, 0.4) is 0 Å². The van der Waals surface area contributed by atoms with Gasteiger partial charge in [-0.05, 0) is 43.2 Å². The van der Waals surface area contributed by atoms with Crippen molar-refractivity contribution in [2.45, 2.75) is 43.3 Å². The van der Waals surface area contributed by atoms with Gasteiger partial charge in [0.2, 0.25) is 5.91 Å². The molecule has 1 heterocycles. The van der Waals surface area contributed by atoms with Gasteiger partial charge in [-0.25, -0.2) is 0 Å². The number of nitrogens with two attached hydrogens (primary N) is 1. The number of nitrogens with one attached hydrogen (secondary N) is 2. The highest BCUT2D eigenvalue weighted by atomic mass is 32.2. The summed E-state index contributed by atoms with van der Waals surface area (Å²) >= 11 is 1.96. The minimum absolute atomic E-state index is 0.0922. The van der Waals surface area contributed by atoms with Crippen LogP contribution in [-0.4, -0.2) is 23.5 Å². The third-order valence-corrected chi connectivity index (χ3v) is 6.14. The average molecular weight is 305 g/mol. The lowest BCUT2D eigenvalue weighted by atomic mass is 10.0. The number of hydrogen-bond acceptors (Lipinski definition) is 4. The van der Waals surface area contributed by atoms with E-state index in [1.807, 2.05) is 23.9 Å². The Kier molecular flexibility index (Phi) is 4.02. The molecular formula is C16H23N3OS. The van der Waals surface area contributed by atoms with Crippen molar-refractivity contribution in [3.63, 3.8) is 0 Å². The van der Waals surface area contributed by atoms with Crippen molar-refractivity contribution < 1.29 is 4.79 Å². The Bertz CT molecular complexity index is 553. The van der Waals surface area contributed by atoms with Crippen LogP contribution in [-0.2, 0) is 11.2 Å². The third-order valence-electron chi connectivity index (χ3n) is 4.72. The van der Waals surface area contributed by atoms with Crippen molar-refractivity contribution in [3.05, 3.63) is 17.7 Å². The average Bonchev–Trinajstić information content (AvgIpc) is 2.95. The molecule has 0 unspecified atom stereocenters. The molecule has 0 saturated heterocycles. The van der Waals surface area contributed by atoms with Gasteiger partial charge in [-0.3, -0.25) is 4.79 Å². The fourth-order valence-corrected chi connectivity index (χ4v) is 4.24. The number of benzene rings is 1. The normalized spacial score (nSPS) is 20.0. The number of fused-ring (bicyclic) bond motifs is 1. The molecule has 0 atom stereocenters. The van der Waals surface area contributed by atoms with Crippen molar-refractivity contribution in [1.82, 2.24) is 0 Å². The Hall–Kier alpha value is -1.36. The van der Waals surface area contributed by atoms with Crippen LogP contribution in [0.15, 0.2) is 12.1 Å². The lowest BCUT2D eigenvalue weighted by Crippen LogP contribution is -2.30. The fourth-order valence-electron chi connectivity index (χ4n) is 3.33. The van der Waals surface area contributed by atoms with Crippen LogP contribution in [0, 0.1) is 0 Å². The number of carbonyl (C=O) groups is 1. The molecule has 1 amide bonds. The predicted molar refractivity (Wildman–Crippen MR) is 91.0 cm³/mol. The van der Waals surface area contributed by atoms with Gasteiger partial charge in [0, 0.05) is 23.4 Å². The molecule has 1 fully saturated rings. The molecule has 1 aliphatic heterocycles. The first kappa shape index (κ1) is 14.6. The summed E-state index contributed by atoms with van der Waals surface area (Å²) in [5.41, 5.74) is 9.93. The number of nitrogen functional groups attached to an aromatic ring is 1. The predicted octanol–water partition coefficient (Wildman–Crippen LogP) is 3.24. The van der Waals surface area contributed by atoms with E-state index in [0.29, 0.717) is 11.2 Å². The summed E-state index contributed by atoms with van der Waals surface area (Å²) in [4.78, 5) is 11.5. The first-order valence-electron chi connectivity index (χ1n) is 7.63. The maximum Gasteiger partial charge on any atom is 0.224 e. The summed E-state index contributed by atoms with van der Waals surface area (Å²) in [7, 11) is 0. The van der Waals surface area contributed by atoms with E-state index in [4.69, 9.17) is 5.73 Å². The van der Waals surface area contributed by atoms with Crippen molar-refractivity contribution >= 4 is 34.7 Å². The largest absolute Gasteiger partial charge is 0.397 e. The summed E-state index contributed by atoms with van der Waals surface area (Å²) in [6.07, 6.45) is 8.70. The van der Waals surface area contributed by atoms with E-state index in [-0.39, 0.29) is 5.91 Å². The monoisotopic (exact) mass is 305 g/mol. The SMILES string of the molecule is CSC1(CNc2cc3c(cc2N)CCC(=O)N3)CCCC1. The van der Waals surface area contributed by atoms with Crippen LogP contribution in [0.2, 0.25) is 0 Å². The van der Waals surface area contributed by atoms with E-state index < -0.39 is 0 Å². The van der Waals surface area contributed by atoms with Crippen molar-refractivity contribution in [2.24, 2.45) is 0 Å². The second kappa shape index (κ2) is 5.79. The molecule has 21 heavy (non-hydrogen) atoms. The maximum absolute atomic E-state index is 11.5. The maximum atomic E-state index is 11.5. The zero-order valence-corrected chi connectivity index (χ0v) is 13.3. The molecule has 1 saturated carbocycles. The van der Waals surface area contributed by atoms with Gasteiger partial charge in [0.1, 0.15) is 0 Å². The summed E-state index contributed by atoms with van der Waals surface area (Å²) in [5, 5.41) is 6.45. The number of amides is 1. The Labute approximate surface area is 130 Å². The van der Waals surface area contributed by atoms with Crippen LogP contribution in [0.25, 0.3) is 0 Å². The molecule has 1 aromatic carbocycles. The Balaban J connectivity index is 1.76. The molecule has 0 bridgehead atoms. The number of hydrogen-bond donors (Lipinski definition) is 3. The second-order valence-electron chi connectivity index (χ2n) is 6.09. The van der Waals surface area contributed by atoms with Gasteiger partial charge in [-0.1, -0.05) is 12.8 Å². The number of carbonyl (C=O) groups excluding carboxylic acids is 1. The van der Waals surface area contributed by atoms with Gasteiger partial charge >= 0.3 is 0 Å². The summed E-state index contributed by atoms with van der Waals surface area (Å²) in [6, 6.07) is 3.99. The second-order valence-corrected chi connectivity index (χ2v) is 7.37. The lowest BCUT2D eigenvalue weighted by Gasteiger charge is -2.28. The van der Waals surface area contributed by atoms with E-state index in [9.17, 15) is 4.79 Å². The Morgan fingerprint density at radius 2 is 2.10 bits per heavy atom. The first-order valence-corrected chi connectivity index (χ1v) is 8.86. The topological polar surface area (TPSA) is 67.1 Å². The van der Waals surface area contributed by atoms with E-state index >= 15 is 0 Å². The van der Waals surface area contributed by atoms with Gasteiger partial charge in [0.25, 0.3) is 0 Å². The molecule has 0 radical (unpaired) electrons. The van der Waals surface area contributed by atoms with E-state index in [1.54, 1.807) is 0 Å². The summed E-state index contributed by atoms with van der Waals surface area (Å²) in [6.45, 7) is 0.936. The van der Waals surface area contributed by atoms with Gasteiger partial charge < -0.3 is 16.4 Å². The van der Waals surface area contributed by atoms with Gasteiger partial charge in [0.15, 0.2) is 0 Å². The molecule has 2 aliphatic rings. The van der Waals surface area contributed by atoms with Crippen LogP contribution in [0.4, 0.5) is 17.1 Å². The van der Waals surface area contributed by atoms with Crippen LogP contribution >= 0.6 is 11.8 Å². The van der Waals surface area contributed by atoms with Crippen molar-refractivity contribution in [1.29, 1.82) is 0 Å². The van der Waals surface area contributed by atoms with Gasteiger partial charge in [-0.15, -0.1) is 0 Å². The molecule has 4 nitrogen and oxygen atoms in total. The highest BCUT2D eigenvalue weighted by Gasteiger charge is 2.32. The van der Waals surface area contributed by atoms with E-state index in [1.165, 1.54) is 25.7 Å². The minimum Gasteiger partial charge on any atom is -0.397 e. The number of anilines is 3. The first-order chi connectivity index (χ1) is 10.1. The van der Waals surface area contributed by atoms with Crippen LogP contribution in [0.1, 0.15) is 37.7 Å². The highest BCUT2D eigenvalue weighted by Crippen LogP contribution is 2.41. The van der Waals surface area contributed by atoms with E-state index in [0.717, 1.165) is 35.6 Å².